The number of thiazole rings is 1. The van der Waals surface area contributed by atoms with Crippen molar-refractivity contribution in [2.75, 3.05) is 25.4 Å². The van der Waals surface area contributed by atoms with Gasteiger partial charge in [-0.15, -0.1) is 11.3 Å². The molecule has 2 aromatic rings. The molecule has 1 aromatic carbocycles. The summed E-state index contributed by atoms with van der Waals surface area (Å²) < 4.78 is 6.56. The van der Waals surface area contributed by atoms with Gasteiger partial charge < -0.3 is 15.0 Å². The van der Waals surface area contributed by atoms with E-state index in [4.69, 9.17) is 4.74 Å². The topological polar surface area (TPSA) is 54.5 Å². The van der Waals surface area contributed by atoms with Crippen LogP contribution in [-0.4, -0.2) is 47.4 Å². The van der Waals surface area contributed by atoms with Crippen LogP contribution in [0.15, 0.2) is 40.1 Å². The Morgan fingerprint density at radius 1 is 1.44 bits per heavy atom. The molecular weight excluding hydrogens is 354 g/mol. The van der Waals surface area contributed by atoms with E-state index in [1.54, 1.807) is 23.1 Å². The van der Waals surface area contributed by atoms with Crippen molar-refractivity contribution in [2.24, 2.45) is 0 Å². The van der Waals surface area contributed by atoms with Crippen LogP contribution < -0.4 is 5.32 Å². The number of carbonyl (C=O) groups excluding carboxylic acids is 1. The van der Waals surface area contributed by atoms with Gasteiger partial charge >= 0.3 is 6.09 Å². The Balaban J connectivity index is 1.40. The van der Waals surface area contributed by atoms with Crippen molar-refractivity contribution in [3.63, 3.8) is 0 Å². The third-order valence-electron chi connectivity index (χ3n) is 4.01. The van der Waals surface area contributed by atoms with E-state index in [0.29, 0.717) is 25.7 Å². The van der Waals surface area contributed by atoms with Gasteiger partial charge in [0, 0.05) is 42.5 Å². The second kappa shape index (κ2) is 9.22. The number of aryl methyl sites for hydroxylation is 1. The summed E-state index contributed by atoms with van der Waals surface area (Å²) in [4.78, 5) is 18.6. The highest BCUT2D eigenvalue weighted by Crippen LogP contribution is 2.23. The van der Waals surface area contributed by atoms with Crippen LogP contribution in [-0.2, 0) is 11.3 Å². The van der Waals surface area contributed by atoms with E-state index in [1.165, 1.54) is 0 Å². The standard InChI is InChI=1S/C18H23N3O2S2/c1-14-13-25-17(20-14)24-10-7-16-11-21(9-8-19-16)18(22)23-12-15-5-3-2-4-6-15/h2-6,13,16,19H,7-12H2,1H3/t16-/m1/s1. The van der Waals surface area contributed by atoms with Gasteiger partial charge in [-0.05, 0) is 18.9 Å². The highest BCUT2D eigenvalue weighted by atomic mass is 32.2. The lowest BCUT2D eigenvalue weighted by molar-refractivity contribution is 0.0847. The van der Waals surface area contributed by atoms with E-state index in [0.717, 1.165) is 34.3 Å². The number of carbonyl (C=O) groups is 1. The minimum Gasteiger partial charge on any atom is -0.445 e. The van der Waals surface area contributed by atoms with Crippen LogP contribution in [0, 0.1) is 6.92 Å². The molecule has 134 valence electrons. The van der Waals surface area contributed by atoms with Crippen LogP contribution >= 0.6 is 23.1 Å². The van der Waals surface area contributed by atoms with Gasteiger partial charge in [0.25, 0.3) is 0 Å². The molecule has 0 radical (unpaired) electrons. The van der Waals surface area contributed by atoms with E-state index in [2.05, 4.69) is 15.7 Å². The highest BCUT2D eigenvalue weighted by Gasteiger charge is 2.24. The SMILES string of the molecule is Cc1csc(SCC[C@@H]2CN(C(=O)OCc3ccccc3)CCN2)n1. The first-order valence-electron chi connectivity index (χ1n) is 8.44. The maximum Gasteiger partial charge on any atom is 0.410 e. The van der Waals surface area contributed by atoms with Crippen LogP contribution in [0.5, 0.6) is 0 Å². The molecule has 1 saturated heterocycles. The molecule has 1 N–H and O–H groups in total. The average molecular weight is 378 g/mol. The Kier molecular flexibility index (Phi) is 6.72. The average Bonchev–Trinajstić information content (AvgIpc) is 3.06. The number of nitrogens with zero attached hydrogens (tertiary/aromatic N) is 2. The van der Waals surface area contributed by atoms with Gasteiger partial charge in [-0.25, -0.2) is 9.78 Å². The number of hydrogen-bond acceptors (Lipinski definition) is 6. The first-order valence-corrected chi connectivity index (χ1v) is 10.3. The molecule has 1 aromatic heterocycles. The van der Waals surface area contributed by atoms with Crippen LogP contribution in [0.25, 0.3) is 0 Å². The van der Waals surface area contributed by atoms with Gasteiger partial charge in [-0.2, -0.15) is 0 Å². The first kappa shape index (κ1) is 18.2. The molecule has 1 aliphatic heterocycles. The summed E-state index contributed by atoms with van der Waals surface area (Å²) >= 11 is 3.48. The van der Waals surface area contributed by atoms with Crippen molar-refractivity contribution < 1.29 is 9.53 Å². The monoisotopic (exact) mass is 377 g/mol. The van der Waals surface area contributed by atoms with Crippen LogP contribution in [0.4, 0.5) is 4.79 Å². The molecule has 7 heteroatoms. The molecule has 1 amide bonds. The van der Waals surface area contributed by atoms with E-state index in [1.807, 2.05) is 42.2 Å². The fourth-order valence-corrected chi connectivity index (χ4v) is 4.66. The number of rotatable bonds is 6. The summed E-state index contributed by atoms with van der Waals surface area (Å²) in [6.45, 7) is 4.55. The number of ether oxygens (including phenoxy) is 1. The number of nitrogens with one attached hydrogen (secondary N) is 1. The summed E-state index contributed by atoms with van der Waals surface area (Å²) in [5, 5.41) is 5.56. The molecule has 0 bridgehead atoms. The maximum absolute atomic E-state index is 12.3. The summed E-state index contributed by atoms with van der Waals surface area (Å²) in [6.07, 6.45) is 0.782. The smallest absolute Gasteiger partial charge is 0.410 e. The van der Waals surface area contributed by atoms with Crippen molar-refractivity contribution in [1.82, 2.24) is 15.2 Å². The summed E-state index contributed by atoms with van der Waals surface area (Å²) in [6, 6.07) is 10.1. The Hall–Kier alpha value is -1.57. The largest absolute Gasteiger partial charge is 0.445 e. The van der Waals surface area contributed by atoms with E-state index in [-0.39, 0.29) is 6.09 Å². The second-order valence-corrected chi connectivity index (χ2v) is 8.23. The number of amides is 1. The fourth-order valence-electron chi connectivity index (χ4n) is 2.68. The van der Waals surface area contributed by atoms with Crippen molar-refractivity contribution in [3.8, 4) is 0 Å². The molecule has 0 spiro atoms. The third kappa shape index (κ3) is 5.73. The molecule has 0 unspecified atom stereocenters. The van der Waals surface area contributed by atoms with E-state index in [9.17, 15) is 4.79 Å². The van der Waals surface area contributed by atoms with Crippen molar-refractivity contribution >= 4 is 29.2 Å². The minimum absolute atomic E-state index is 0.224. The molecule has 1 atom stereocenters. The number of benzene rings is 1. The Labute approximate surface area is 156 Å². The molecule has 0 aliphatic carbocycles. The third-order valence-corrected chi connectivity index (χ3v) is 6.18. The van der Waals surface area contributed by atoms with Gasteiger partial charge in [0.15, 0.2) is 0 Å². The molecular formula is C18H23N3O2S2. The van der Waals surface area contributed by atoms with Gasteiger partial charge in [0.05, 0.1) is 0 Å². The number of aromatic nitrogens is 1. The van der Waals surface area contributed by atoms with Crippen LogP contribution in [0.3, 0.4) is 0 Å². The van der Waals surface area contributed by atoms with Crippen molar-refractivity contribution in [2.45, 2.75) is 30.3 Å². The predicted molar refractivity (Wildman–Crippen MR) is 102 cm³/mol. The lowest BCUT2D eigenvalue weighted by Gasteiger charge is -2.33. The molecule has 3 rings (SSSR count). The molecule has 1 fully saturated rings. The van der Waals surface area contributed by atoms with Gasteiger partial charge in [-0.1, -0.05) is 42.1 Å². The molecule has 25 heavy (non-hydrogen) atoms. The summed E-state index contributed by atoms with van der Waals surface area (Å²) in [5.74, 6) is 0.998. The normalized spacial score (nSPS) is 17.5. The zero-order valence-electron chi connectivity index (χ0n) is 14.3. The van der Waals surface area contributed by atoms with Crippen LogP contribution in [0.1, 0.15) is 17.7 Å². The summed E-state index contributed by atoms with van der Waals surface area (Å²) in [7, 11) is 0. The summed E-state index contributed by atoms with van der Waals surface area (Å²) in [5.41, 5.74) is 2.09. The number of piperazine rings is 1. The first-order chi connectivity index (χ1) is 12.2. The lowest BCUT2D eigenvalue weighted by atomic mass is 10.2. The minimum atomic E-state index is -0.224. The van der Waals surface area contributed by atoms with Gasteiger partial charge in [0.2, 0.25) is 0 Å². The van der Waals surface area contributed by atoms with E-state index < -0.39 is 0 Å². The second-order valence-electron chi connectivity index (χ2n) is 6.03. The van der Waals surface area contributed by atoms with Crippen molar-refractivity contribution in [3.05, 3.63) is 47.0 Å². The zero-order valence-corrected chi connectivity index (χ0v) is 15.9. The Bertz CT molecular complexity index is 678. The highest BCUT2D eigenvalue weighted by molar-refractivity contribution is 8.01. The van der Waals surface area contributed by atoms with Crippen LogP contribution in [0.2, 0.25) is 0 Å². The maximum atomic E-state index is 12.3. The number of thioether (sulfide) groups is 1. The van der Waals surface area contributed by atoms with Gasteiger partial charge in [-0.3, -0.25) is 0 Å². The molecule has 5 nitrogen and oxygen atoms in total. The van der Waals surface area contributed by atoms with Gasteiger partial charge in [0.1, 0.15) is 10.9 Å². The molecule has 1 aliphatic rings. The Morgan fingerprint density at radius 3 is 3.04 bits per heavy atom. The zero-order chi connectivity index (χ0) is 17.5. The van der Waals surface area contributed by atoms with Crippen molar-refractivity contribution in [1.29, 1.82) is 0 Å². The molecule has 0 saturated carbocycles. The number of hydrogen-bond donors (Lipinski definition) is 1. The fraction of sp³-hybridized carbons (Fsp3) is 0.444. The Morgan fingerprint density at radius 2 is 2.28 bits per heavy atom. The quantitative estimate of drug-likeness (QED) is 0.781. The lowest BCUT2D eigenvalue weighted by Crippen LogP contribution is -2.52. The van der Waals surface area contributed by atoms with E-state index >= 15 is 0 Å². The molecule has 2 heterocycles. The predicted octanol–water partition coefficient (Wildman–Crippen LogP) is 3.54.